The van der Waals surface area contributed by atoms with Gasteiger partial charge in [-0.05, 0) is 12.1 Å². The summed E-state index contributed by atoms with van der Waals surface area (Å²) in [5.41, 5.74) is 0.557. The van der Waals surface area contributed by atoms with E-state index in [1.807, 2.05) is 0 Å². The minimum atomic E-state index is -0.990. The van der Waals surface area contributed by atoms with Gasteiger partial charge in [-0.1, -0.05) is 0 Å². The molecule has 0 spiro atoms. The Morgan fingerprint density at radius 3 is 2.89 bits per heavy atom. The third kappa shape index (κ3) is 2.29. The smallest absolute Gasteiger partial charge is 0.339 e. The van der Waals surface area contributed by atoms with Crippen LogP contribution in [0, 0.1) is 0 Å². The standard InChI is InChI=1S/C12H14N4O3/c17-12(18)9-2-1-3-16-10(13-14-11(9)16)8-15-4-6-19-7-5-15/h1-3H,4-8H2,(H,17,18). The third-order valence-corrected chi connectivity index (χ3v) is 3.20. The molecule has 7 nitrogen and oxygen atoms in total. The van der Waals surface area contributed by atoms with Crippen LogP contribution in [0.4, 0.5) is 0 Å². The monoisotopic (exact) mass is 262 g/mol. The van der Waals surface area contributed by atoms with E-state index >= 15 is 0 Å². The molecular weight excluding hydrogens is 248 g/mol. The number of carboxylic acids is 1. The predicted octanol–water partition coefficient (Wildman–Crippen LogP) is 0.260. The van der Waals surface area contributed by atoms with Crippen molar-refractivity contribution in [1.29, 1.82) is 0 Å². The Morgan fingerprint density at radius 2 is 2.16 bits per heavy atom. The first kappa shape index (κ1) is 12.1. The topological polar surface area (TPSA) is 80.0 Å². The average Bonchev–Trinajstić information content (AvgIpc) is 2.83. The molecular formula is C12H14N4O3. The SMILES string of the molecule is O=C(O)c1cccn2c(CN3CCOCC3)nnc12. The molecule has 0 radical (unpaired) electrons. The van der Waals surface area contributed by atoms with Gasteiger partial charge in [0.25, 0.3) is 0 Å². The van der Waals surface area contributed by atoms with Gasteiger partial charge in [0.1, 0.15) is 5.56 Å². The van der Waals surface area contributed by atoms with Crippen molar-refractivity contribution in [3.05, 3.63) is 29.7 Å². The molecule has 1 N–H and O–H groups in total. The van der Waals surface area contributed by atoms with Crippen molar-refractivity contribution in [1.82, 2.24) is 19.5 Å². The van der Waals surface area contributed by atoms with Gasteiger partial charge in [-0.2, -0.15) is 0 Å². The zero-order chi connectivity index (χ0) is 13.2. The Bertz CT molecular complexity index is 604. The number of hydrogen-bond donors (Lipinski definition) is 1. The van der Waals surface area contributed by atoms with Crippen molar-refractivity contribution in [2.24, 2.45) is 0 Å². The lowest BCUT2D eigenvalue weighted by atomic mass is 10.3. The van der Waals surface area contributed by atoms with Crippen LogP contribution in [0.1, 0.15) is 16.2 Å². The highest BCUT2D eigenvalue weighted by Gasteiger charge is 2.17. The summed E-state index contributed by atoms with van der Waals surface area (Å²) in [6.07, 6.45) is 1.79. The lowest BCUT2D eigenvalue weighted by Gasteiger charge is -2.25. The number of nitrogens with zero attached hydrogens (tertiary/aromatic N) is 4. The number of hydrogen-bond acceptors (Lipinski definition) is 5. The molecule has 0 bridgehead atoms. The highest BCUT2D eigenvalue weighted by molar-refractivity contribution is 5.94. The van der Waals surface area contributed by atoms with Crippen LogP contribution in [0.5, 0.6) is 0 Å². The highest BCUT2D eigenvalue weighted by atomic mass is 16.5. The first-order valence-electron chi connectivity index (χ1n) is 6.12. The van der Waals surface area contributed by atoms with Crippen molar-refractivity contribution in [3.8, 4) is 0 Å². The van der Waals surface area contributed by atoms with E-state index < -0.39 is 5.97 Å². The maximum absolute atomic E-state index is 11.1. The third-order valence-electron chi connectivity index (χ3n) is 3.20. The molecule has 1 aliphatic rings. The molecule has 0 saturated carbocycles. The normalized spacial score (nSPS) is 16.8. The molecule has 2 aromatic heterocycles. The van der Waals surface area contributed by atoms with Crippen molar-refractivity contribution >= 4 is 11.6 Å². The molecule has 1 aliphatic heterocycles. The second-order valence-electron chi connectivity index (χ2n) is 4.43. The molecule has 1 fully saturated rings. The second kappa shape index (κ2) is 4.94. The number of aromatic carboxylic acids is 1. The van der Waals surface area contributed by atoms with Crippen molar-refractivity contribution in [2.45, 2.75) is 6.54 Å². The summed E-state index contributed by atoms with van der Waals surface area (Å²) in [6, 6.07) is 3.23. The minimum Gasteiger partial charge on any atom is -0.478 e. The summed E-state index contributed by atoms with van der Waals surface area (Å²) in [4.78, 5) is 13.3. The zero-order valence-electron chi connectivity index (χ0n) is 10.3. The molecule has 3 rings (SSSR count). The average molecular weight is 262 g/mol. The van der Waals surface area contributed by atoms with Crippen LogP contribution >= 0.6 is 0 Å². The molecule has 19 heavy (non-hydrogen) atoms. The first-order chi connectivity index (χ1) is 9.25. The summed E-state index contributed by atoms with van der Waals surface area (Å²) < 4.78 is 7.03. The van der Waals surface area contributed by atoms with E-state index in [0.717, 1.165) is 32.1 Å². The van der Waals surface area contributed by atoms with Crippen LogP contribution in [-0.4, -0.2) is 56.9 Å². The Morgan fingerprint density at radius 1 is 1.37 bits per heavy atom. The van der Waals surface area contributed by atoms with E-state index in [1.165, 1.54) is 6.07 Å². The van der Waals surface area contributed by atoms with Gasteiger partial charge in [-0.25, -0.2) is 4.79 Å². The summed E-state index contributed by atoms with van der Waals surface area (Å²) in [6.45, 7) is 3.79. The van der Waals surface area contributed by atoms with Gasteiger partial charge in [-0.3, -0.25) is 9.30 Å². The Balaban J connectivity index is 1.92. The number of pyridine rings is 1. The van der Waals surface area contributed by atoms with Crippen LogP contribution < -0.4 is 0 Å². The second-order valence-corrected chi connectivity index (χ2v) is 4.43. The molecule has 0 unspecified atom stereocenters. The lowest BCUT2D eigenvalue weighted by Crippen LogP contribution is -2.36. The van der Waals surface area contributed by atoms with E-state index in [4.69, 9.17) is 9.84 Å². The largest absolute Gasteiger partial charge is 0.478 e. The Labute approximate surface area is 109 Å². The van der Waals surface area contributed by atoms with Crippen LogP contribution in [-0.2, 0) is 11.3 Å². The van der Waals surface area contributed by atoms with Gasteiger partial charge in [0.2, 0.25) is 0 Å². The number of aromatic nitrogens is 3. The van der Waals surface area contributed by atoms with Crippen molar-refractivity contribution < 1.29 is 14.6 Å². The van der Waals surface area contributed by atoms with Crippen molar-refractivity contribution in [3.63, 3.8) is 0 Å². The van der Waals surface area contributed by atoms with Crippen molar-refractivity contribution in [2.75, 3.05) is 26.3 Å². The molecule has 0 atom stereocenters. The van der Waals surface area contributed by atoms with E-state index in [0.29, 0.717) is 12.2 Å². The number of rotatable bonds is 3. The molecule has 0 amide bonds. The number of fused-ring (bicyclic) bond motifs is 1. The lowest BCUT2D eigenvalue weighted by molar-refractivity contribution is 0.0329. The van der Waals surface area contributed by atoms with Gasteiger partial charge in [-0.15, -0.1) is 10.2 Å². The van der Waals surface area contributed by atoms with Gasteiger partial charge >= 0.3 is 5.97 Å². The summed E-state index contributed by atoms with van der Waals surface area (Å²) in [5.74, 6) is -0.240. The molecule has 100 valence electrons. The number of carboxylic acid groups (broad SMARTS) is 1. The van der Waals surface area contributed by atoms with Gasteiger partial charge in [0.05, 0.1) is 19.8 Å². The number of morpholine rings is 1. The minimum absolute atomic E-state index is 0.170. The van der Waals surface area contributed by atoms with E-state index in [1.54, 1.807) is 16.7 Å². The van der Waals surface area contributed by atoms with Gasteiger partial charge in [0, 0.05) is 19.3 Å². The Hall–Kier alpha value is -1.99. The summed E-state index contributed by atoms with van der Waals surface area (Å²) in [5, 5.41) is 17.2. The maximum Gasteiger partial charge on any atom is 0.339 e. The molecule has 3 heterocycles. The van der Waals surface area contributed by atoms with Crippen LogP contribution in [0.3, 0.4) is 0 Å². The van der Waals surface area contributed by atoms with E-state index in [2.05, 4.69) is 15.1 Å². The number of ether oxygens (including phenoxy) is 1. The van der Waals surface area contributed by atoms with E-state index in [9.17, 15) is 4.79 Å². The van der Waals surface area contributed by atoms with Crippen LogP contribution in [0.2, 0.25) is 0 Å². The maximum atomic E-state index is 11.1. The van der Waals surface area contributed by atoms with Gasteiger partial charge in [0.15, 0.2) is 11.5 Å². The molecule has 1 saturated heterocycles. The van der Waals surface area contributed by atoms with Crippen LogP contribution in [0.25, 0.3) is 5.65 Å². The fraction of sp³-hybridized carbons (Fsp3) is 0.417. The highest BCUT2D eigenvalue weighted by Crippen LogP contribution is 2.12. The quantitative estimate of drug-likeness (QED) is 0.854. The molecule has 2 aromatic rings. The molecule has 0 aromatic carbocycles. The van der Waals surface area contributed by atoms with Crippen LogP contribution in [0.15, 0.2) is 18.3 Å². The van der Waals surface area contributed by atoms with E-state index in [-0.39, 0.29) is 5.56 Å². The Kier molecular flexibility index (Phi) is 3.14. The first-order valence-corrected chi connectivity index (χ1v) is 6.12. The zero-order valence-corrected chi connectivity index (χ0v) is 10.3. The fourth-order valence-corrected chi connectivity index (χ4v) is 2.20. The van der Waals surface area contributed by atoms with Gasteiger partial charge < -0.3 is 9.84 Å². The number of carbonyl (C=O) groups is 1. The summed E-state index contributed by atoms with van der Waals surface area (Å²) >= 11 is 0. The molecule has 0 aliphatic carbocycles. The summed E-state index contributed by atoms with van der Waals surface area (Å²) in [7, 11) is 0. The molecule has 7 heteroatoms. The predicted molar refractivity (Wildman–Crippen MR) is 66.0 cm³/mol. The fourth-order valence-electron chi connectivity index (χ4n) is 2.20.